The summed E-state index contributed by atoms with van der Waals surface area (Å²) in [5.41, 5.74) is 1.58. The molecule has 0 aromatic carbocycles. The Hall–Kier alpha value is -0.870. The van der Waals surface area contributed by atoms with Crippen LogP contribution in [0.5, 0.6) is 0 Å². The molecule has 0 amide bonds. The minimum Gasteiger partial charge on any atom is -0.309 e. The van der Waals surface area contributed by atoms with Crippen molar-refractivity contribution in [3.05, 3.63) is 18.0 Å². The Balaban J connectivity index is 2.13. The summed E-state index contributed by atoms with van der Waals surface area (Å²) in [7, 11) is 0. The van der Waals surface area contributed by atoms with Crippen molar-refractivity contribution in [1.82, 2.24) is 20.0 Å². The van der Waals surface area contributed by atoms with Gasteiger partial charge in [-0.15, -0.1) is 0 Å². The molecular formula is C17H32N4. The Labute approximate surface area is 129 Å². The quantitative estimate of drug-likeness (QED) is 0.904. The number of hydrogen-bond donors (Lipinski definition) is 1. The first-order valence-electron chi connectivity index (χ1n) is 8.34. The van der Waals surface area contributed by atoms with Gasteiger partial charge in [-0.05, 0) is 46.6 Å². The molecule has 0 aliphatic carbocycles. The minimum atomic E-state index is 0.175. The lowest BCUT2D eigenvalue weighted by Gasteiger charge is -2.51. The van der Waals surface area contributed by atoms with Crippen molar-refractivity contribution < 1.29 is 0 Å². The van der Waals surface area contributed by atoms with Gasteiger partial charge in [0.25, 0.3) is 0 Å². The van der Waals surface area contributed by atoms with Crippen LogP contribution in [0.1, 0.15) is 66.1 Å². The highest BCUT2D eigenvalue weighted by Gasteiger charge is 2.39. The van der Waals surface area contributed by atoms with Crippen LogP contribution in [-0.4, -0.2) is 38.8 Å². The summed E-state index contributed by atoms with van der Waals surface area (Å²) in [4.78, 5) is 2.60. The van der Waals surface area contributed by atoms with Crippen LogP contribution >= 0.6 is 0 Å². The van der Waals surface area contributed by atoms with E-state index in [1.807, 2.05) is 0 Å². The lowest BCUT2D eigenvalue weighted by molar-refractivity contribution is 0.0164. The maximum absolute atomic E-state index is 4.78. The van der Waals surface area contributed by atoms with E-state index >= 15 is 0 Å². The molecule has 1 aliphatic heterocycles. The summed E-state index contributed by atoms with van der Waals surface area (Å²) < 4.78 is 2.10. The van der Waals surface area contributed by atoms with E-state index in [2.05, 4.69) is 68.7 Å². The first-order valence-corrected chi connectivity index (χ1v) is 8.34. The van der Waals surface area contributed by atoms with Crippen LogP contribution in [0.15, 0.2) is 12.3 Å². The van der Waals surface area contributed by atoms with Crippen molar-refractivity contribution >= 4 is 0 Å². The van der Waals surface area contributed by atoms with E-state index in [4.69, 9.17) is 5.10 Å². The van der Waals surface area contributed by atoms with Gasteiger partial charge in [0.05, 0.1) is 5.69 Å². The fourth-order valence-corrected chi connectivity index (χ4v) is 2.95. The van der Waals surface area contributed by atoms with E-state index in [0.717, 1.165) is 32.5 Å². The Kier molecular flexibility index (Phi) is 4.79. The molecule has 2 heterocycles. The third kappa shape index (κ3) is 3.67. The molecule has 1 N–H and O–H groups in total. The first kappa shape index (κ1) is 16.5. The summed E-state index contributed by atoms with van der Waals surface area (Å²) in [6.07, 6.45) is 4.40. The predicted molar refractivity (Wildman–Crippen MR) is 88.4 cm³/mol. The van der Waals surface area contributed by atoms with Gasteiger partial charge in [0.1, 0.15) is 0 Å². The molecular weight excluding hydrogens is 260 g/mol. The van der Waals surface area contributed by atoms with Gasteiger partial charge < -0.3 is 5.32 Å². The maximum atomic E-state index is 4.78. The molecule has 2 unspecified atom stereocenters. The van der Waals surface area contributed by atoms with Gasteiger partial charge in [-0.3, -0.25) is 9.58 Å². The molecule has 0 saturated carbocycles. The normalized spacial score (nSPS) is 27.7. The van der Waals surface area contributed by atoms with E-state index in [9.17, 15) is 0 Å². The van der Waals surface area contributed by atoms with E-state index < -0.39 is 0 Å². The summed E-state index contributed by atoms with van der Waals surface area (Å²) in [6, 6.07) is 2.66. The van der Waals surface area contributed by atoms with Crippen LogP contribution in [0.2, 0.25) is 0 Å². The maximum Gasteiger partial charge on any atom is 0.0765 e. The molecule has 21 heavy (non-hydrogen) atoms. The SMILES string of the molecule is CCC(C)n1ccc(CN2CC(C)(C)NCC2(C)CC)n1. The fourth-order valence-electron chi connectivity index (χ4n) is 2.95. The number of rotatable bonds is 5. The molecule has 1 aromatic heterocycles. The van der Waals surface area contributed by atoms with Crippen LogP contribution in [0.25, 0.3) is 0 Å². The van der Waals surface area contributed by atoms with Crippen LogP contribution < -0.4 is 5.32 Å². The zero-order valence-electron chi connectivity index (χ0n) is 14.6. The predicted octanol–water partition coefficient (Wildman–Crippen LogP) is 3.21. The number of nitrogens with zero attached hydrogens (tertiary/aromatic N) is 3. The van der Waals surface area contributed by atoms with Gasteiger partial charge in [0, 0.05) is 43.0 Å². The summed E-state index contributed by atoms with van der Waals surface area (Å²) in [5.74, 6) is 0. The molecule has 4 heteroatoms. The first-order chi connectivity index (χ1) is 9.79. The van der Waals surface area contributed by atoms with Gasteiger partial charge in [-0.1, -0.05) is 13.8 Å². The molecule has 1 aromatic rings. The van der Waals surface area contributed by atoms with Crippen LogP contribution in [-0.2, 0) is 6.54 Å². The standard InChI is InChI=1S/C17H32N4/c1-7-14(3)21-10-9-15(19-21)11-20-13-16(4,5)18-12-17(20,6)8-2/h9-10,14,18H,7-8,11-13H2,1-6H3. The van der Waals surface area contributed by atoms with Crippen molar-refractivity contribution in [3.8, 4) is 0 Å². The lowest BCUT2D eigenvalue weighted by atomic mass is 9.88. The van der Waals surface area contributed by atoms with E-state index in [0.29, 0.717) is 6.04 Å². The molecule has 1 fully saturated rings. The van der Waals surface area contributed by atoms with Gasteiger partial charge in [0.15, 0.2) is 0 Å². The zero-order valence-corrected chi connectivity index (χ0v) is 14.6. The highest BCUT2D eigenvalue weighted by Crippen LogP contribution is 2.28. The second kappa shape index (κ2) is 6.09. The van der Waals surface area contributed by atoms with Crippen LogP contribution in [0, 0.1) is 0 Å². The second-order valence-corrected chi connectivity index (χ2v) is 7.49. The van der Waals surface area contributed by atoms with Gasteiger partial charge >= 0.3 is 0 Å². The van der Waals surface area contributed by atoms with Crippen LogP contribution in [0.4, 0.5) is 0 Å². The highest BCUT2D eigenvalue weighted by molar-refractivity contribution is 5.05. The Bertz CT molecular complexity index is 465. The van der Waals surface area contributed by atoms with Crippen molar-refractivity contribution in [3.63, 3.8) is 0 Å². The second-order valence-electron chi connectivity index (χ2n) is 7.49. The average molecular weight is 292 g/mol. The number of aromatic nitrogens is 2. The van der Waals surface area contributed by atoms with Gasteiger partial charge in [-0.2, -0.15) is 5.10 Å². The fraction of sp³-hybridized carbons (Fsp3) is 0.824. The Morgan fingerprint density at radius 2 is 2.05 bits per heavy atom. The summed E-state index contributed by atoms with van der Waals surface area (Å²) >= 11 is 0. The minimum absolute atomic E-state index is 0.175. The largest absolute Gasteiger partial charge is 0.309 e. The molecule has 2 atom stereocenters. The van der Waals surface area contributed by atoms with Gasteiger partial charge in [-0.25, -0.2) is 0 Å². The Morgan fingerprint density at radius 1 is 1.33 bits per heavy atom. The number of hydrogen-bond acceptors (Lipinski definition) is 3. The highest BCUT2D eigenvalue weighted by atomic mass is 15.3. The van der Waals surface area contributed by atoms with E-state index in [-0.39, 0.29) is 11.1 Å². The lowest BCUT2D eigenvalue weighted by Crippen LogP contribution is -2.66. The molecule has 1 saturated heterocycles. The van der Waals surface area contributed by atoms with Gasteiger partial charge in [0.2, 0.25) is 0 Å². The van der Waals surface area contributed by atoms with Crippen molar-refractivity contribution in [2.75, 3.05) is 13.1 Å². The third-order valence-corrected chi connectivity index (χ3v) is 5.12. The third-order valence-electron chi connectivity index (χ3n) is 5.12. The molecule has 0 radical (unpaired) electrons. The van der Waals surface area contributed by atoms with E-state index in [1.54, 1.807) is 0 Å². The molecule has 4 nitrogen and oxygen atoms in total. The molecule has 0 spiro atoms. The summed E-state index contributed by atoms with van der Waals surface area (Å²) in [6.45, 7) is 16.7. The molecule has 120 valence electrons. The van der Waals surface area contributed by atoms with Crippen molar-refractivity contribution in [1.29, 1.82) is 0 Å². The number of nitrogens with one attached hydrogen (secondary N) is 1. The average Bonchev–Trinajstić information content (AvgIpc) is 2.90. The number of piperazine rings is 1. The van der Waals surface area contributed by atoms with E-state index in [1.165, 1.54) is 5.69 Å². The molecule has 2 rings (SSSR count). The smallest absolute Gasteiger partial charge is 0.0765 e. The van der Waals surface area contributed by atoms with Crippen molar-refractivity contribution in [2.45, 2.75) is 78.0 Å². The molecule has 0 bridgehead atoms. The summed E-state index contributed by atoms with van der Waals surface area (Å²) in [5, 5.41) is 8.46. The monoisotopic (exact) mass is 292 g/mol. The zero-order chi connectivity index (χ0) is 15.7. The van der Waals surface area contributed by atoms with Crippen molar-refractivity contribution in [2.24, 2.45) is 0 Å². The van der Waals surface area contributed by atoms with Crippen LogP contribution in [0.3, 0.4) is 0 Å². The topological polar surface area (TPSA) is 33.1 Å². The molecule has 1 aliphatic rings. The Morgan fingerprint density at radius 3 is 2.67 bits per heavy atom.